The lowest BCUT2D eigenvalue weighted by Gasteiger charge is -2.19. The summed E-state index contributed by atoms with van der Waals surface area (Å²) in [6, 6.07) is 10.5. The van der Waals surface area contributed by atoms with Crippen molar-refractivity contribution in [2.75, 3.05) is 12.8 Å². The summed E-state index contributed by atoms with van der Waals surface area (Å²) in [5.41, 5.74) is 7.75. The molecule has 8 heteroatoms. The minimum absolute atomic E-state index is 0.153. The maximum absolute atomic E-state index is 13.1. The second-order valence-corrected chi connectivity index (χ2v) is 5.60. The van der Waals surface area contributed by atoms with Crippen molar-refractivity contribution in [2.45, 2.75) is 12.6 Å². The van der Waals surface area contributed by atoms with Gasteiger partial charge in [-0.05, 0) is 35.9 Å². The fourth-order valence-corrected chi connectivity index (χ4v) is 2.26. The SMILES string of the molecule is CN(N)/C(=C\CC(F)(F)F)c1ccc(N=Cc2cccc(F)c2)cc1N. The van der Waals surface area contributed by atoms with Crippen LogP contribution in [0.15, 0.2) is 53.5 Å². The number of rotatable bonds is 5. The molecule has 4 N–H and O–H groups in total. The van der Waals surface area contributed by atoms with Gasteiger partial charge in [-0.3, -0.25) is 4.99 Å². The Morgan fingerprint density at radius 3 is 2.50 bits per heavy atom. The number of benzene rings is 2. The third-order valence-corrected chi connectivity index (χ3v) is 3.43. The van der Waals surface area contributed by atoms with Crippen molar-refractivity contribution in [3.05, 3.63) is 65.5 Å². The van der Waals surface area contributed by atoms with E-state index >= 15 is 0 Å². The van der Waals surface area contributed by atoms with Gasteiger partial charge in [0.15, 0.2) is 0 Å². The van der Waals surface area contributed by atoms with E-state index in [9.17, 15) is 17.6 Å². The van der Waals surface area contributed by atoms with E-state index in [0.29, 0.717) is 16.8 Å². The molecule has 0 saturated carbocycles. The van der Waals surface area contributed by atoms with E-state index in [1.54, 1.807) is 24.3 Å². The molecule has 0 spiro atoms. The number of hydrogen-bond donors (Lipinski definition) is 2. The van der Waals surface area contributed by atoms with Crippen LogP contribution in [0.5, 0.6) is 0 Å². The van der Waals surface area contributed by atoms with Crippen molar-refractivity contribution >= 4 is 23.3 Å². The zero-order valence-corrected chi connectivity index (χ0v) is 14.0. The summed E-state index contributed by atoms with van der Waals surface area (Å²) in [5, 5.41) is 1.08. The highest BCUT2D eigenvalue weighted by atomic mass is 19.4. The molecule has 0 unspecified atom stereocenters. The van der Waals surface area contributed by atoms with E-state index in [4.69, 9.17) is 11.6 Å². The Kier molecular flexibility index (Phi) is 5.99. The van der Waals surface area contributed by atoms with Crippen LogP contribution in [0.3, 0.4) is 0 Å². The van der Waals surface area contributed by atoms with Crippen LogP contribution in [0.2, 0.25) is 0 Å². The van der Waals surface area contributed by atoms with Crippen molar-refractivity contribution in [2.24, 2.45) is 10.8 Å². The molecule has 4 nitrogen and oxygen atoms in total. The Labute approximate surface area is 148 Å². The number of nitrogen functional groups attached to an aromatic ring is 1. The summed E-state index contributed by atoms with van der Waals surface area (Å²) in [6.45, 7) is 0. The van der Waals surface area contributed by atoms with E-state index in [1.165, 1.54) is 31.5 Å². The van der Waals surface area contributed by atoms with Gasteiger partial charge in [0.25, 0.3) is 0 Å². The first-order chi connectivity index (χ1) is 12.2. The predicted octanol–water partition coefficient (Wildman–Crippen LogP) is 4.26. The first kappa shape index (κ1) is 19.5. The number of aliphatic imine (C=N–C) groups is 1. The average molecular weight is 366 g/mol. The average Bonchev–Trinajstić information content (AvgIpc) is 2.53. The van der Waals surface area contributed by atoms with Gasteiger partial charge in [0.2, 0.25) is 0 Å². The molecule has 0 atom stereocenters. The molecule has 2 aromatic rings. The highest BCUT2D eigenvalue weighted by Gasteiger charge is 2.26. The molecule has 0 aromatic heterocycles. The van der Waals surface area contributed by atoms with E-state index in [2.05, 4.69) is 4.99 Å². The molecule has 138 valence electrons. The summed E-state index contributed by atoms with van der Waals surface area (Å²) in [4.78, 5) is 4.19. The lowest BCUT2D eigenvalue weighted by Crippen LogP contribution is -2.25. The second-order valence-electron chi connectivity index (χ2n) is 5.60. The molecule has 0 fully saturated rings. The highest BCUT2D eigenvalue weighted by Crippen LogP contribution is 2.29. The summed E-state index contributed by atoms with van der Waals surface area (Å²) >= 11 is 0. The lowest BCUT2D eigenvalue weighted by molar-refractivity contribution is -0.125. The number of anilines is 1. The van der Waals surface area contributed by atoms with E-state index in [1.807, 2.05) is 0 Å². The van der Waals surface area contributed by atoms with Gasteiger partial charge in [0.05, 0.1) is 17.8 Å². The molecule has 0 aliphatic carbocycles. The van der Waals surface area contributed by atoms with Crippen molar-refractivity contribution in [3.63, 3.8) is 0 Å². The summed E-state index contributed by atoms with van der Waals surface area (Å²) in [6.07, 6.45) is -3.03. The van der Waals surface area contributed by atoms with E-state index in [0.717, 1.165) is 11.1 Å². The normalized spacial score (nSPS) is 12.6. The molecule has 0 aliphatic rings. The van der Waals surface area contributed by atoms with Crippen molar-refractivity contribution in [1.29, 1.82) is 0 Å². The molecular formula is C18H18F4N4. The van der Waals surface area contributed by atoms with Gasteiger partial charge in [-0.25, -0.2) is 10.2 Å². The predicted molar refractivity (Wildman–Crippen MR) is 95.1 cm³/mol. The Morgan fingerprint density at radius 2 is 1.92 bits per heavy atom. The Balaban J connectivity index is 2.27. The molecule has 2 rings (SSSR count). The maximum atomic E-state index is 13.1. The number of nitrogens with zero attached hydrogens (tertiary/aromatic N) is 2. The summed E-state index contributed by atoms with van der Waals surface area (Å²) in [5.74, 6) is 5.25. The third-order valence-electron chi connectivity index (χ3n) is 3.43. The molecule has 0 saturated heterocycles. The topological polar surface area (TPSA) is 67.6 Å². The van der Waals surface area contributed by atoms with Crippen LogP contribution in [0, 0.1) is 5.82 Å². The van der Waals surface area contributed by atoms with E-state index < -0.39 is 12.6 Å². The zero-order valence-electron chi connectivity index (χ0n) is 14.0. The van der Waals surface area contributed by atoms with Crippen LogP contribution in [-0.4, -0.2) is 24.4 Å². The van der Waals surface area contributed by atoms with Gasteiger partial charge in [-0.1, -0.05) is 18.2 Å². The monoisotopic (exact) mass is 366 g/mol. The Bertz CT molecular complexity index is 826. The zero-order chi connectivity index (χ0) is 19.3. The highest BCUT2D eigenvalue weighted by molar-refractivity contribution is 5.83. The summed E-state index contributed by atoms with van der Waals surface area (Å²) < 4.78 is 50.6. The molecule has 0 bridgehead atoms. The third kappa shape index (κ3) is 5.59. The van der Waals surface area contributed by atoms with Crippen molar-refractivity contribution in [3.8, 4) is 0 Å². The summed E-state index contributed by atoms with van der Waals surface area (Å²) in [7, 11) is 1.43. The number of nitrogens with two attached hydrogens (primary N) is 2. The lowest BCUT2D eigenvalue weighted by atomic mass is 10.1. The first-order valence-corrected chi connectivity index (χ1v) is 7.60. The van der Waals surface area contributed by atoms with E-state index in [-0.39, 0.29) is 17.2 Å². The number of alkyl halides is 3. The molecule has 0 heterocycles. The molecule has 0 amide bonds. The molecular weight excluding hydrogens is 348 g/mol. The maximum Gasteiger partial charge on any atom is 0.392 e. The van der Waals surface area contributed by atoms with Gasteiger partial charge >= 0.3 is 6.18 Å². The second kappa shape index (κ2) is 8.01. The van der Waals surface area contributed by atoms with Crippen LogP contribution in [0.1, 0.15) is 17.5 Å². The van der Waals surface area contributed by atoms with Gasteiger partial charge < -0.3 is 10.7 Å². The molecule has 26 heavy (non-hydrogen) atoms. The quantitative estimate of drug-likeness (QED) is 0.273. The number of halogens is 4. The Morgan fingerprint density at radius 1 is 1.19 bits per heavy atom. The molecule has 2 aromatic carbocycles. The van der Waals surface area contributed by atoms with Crippen LogP contribution in [-0.2, 0) is 0 Å². The van der Waals surface area contributed by atoms with Gasteiger partial charge in [-0.15, -0.1) is 0 Å². The fourth-order valence-electron chi connectivity index (χ4n) is 2.26. The molecule has 0 aliphatic heterocycles. The smallest absolute Gasteiger partial charge is 0.392 e. The standard InChI is InChI=1S/C18H18F4N4/c1-26(24)17(7-8-18(20,21)22)15-6-5-14(10-16(15)23)25-11-12-3-2-4-13(19)9-12/h2-7,9-11H,8,23-24H2,1H3/b17-7-,25-11?. The minimum atomic E-state index is -4.34. The Hall–Kier alpha value is -2.87. The largest absolute Gasteiger partial charge is 0.398 e. The minimum Gasteiger partial charge on any atom is -0.398 e. The van der Waals surface area contributed by atoms with Crippen LogP contribution in [0.4, 0.5) is 28.9 Å². The van der Waals surface area contributed by atoms with Gasteiger partial charge in [-0.2, -0.15) is 13.2 Å². The first-order valence-electron chi connectivity index (χ1n) is 7.60. The van der Waals surface area contributed by atoms with Crippen molar-refractivity contribution in [1.82, 2.24) is 5.01 Å². The van der Waals surface area contributed by atoms with Gasteiger partial charge in [0.1, 0.15) is 5.82 Å². The van der Waals surface area contributed by atoms with Crippen LogP contribution >= 0.6 is 0 Å². The van der Waals surface area contributed by atoms with Crippen LogP contribution in [0.25, 0.3) is 5.70 Å². The molecule has 0 radical (unpaired) electrons. The number of allylic oxidation sites excluding steroid dienone is 1. The van der Waals surface area contributed by atoms with Crippen molar-refractivity contribution < 1.29 is 17.6 Å². The number of hydrogen-bond acceptors (Lipinski definition) is 4. The van der Waals surface area contributed by atoms with Crippen LogP contribution < -0.4 is 11.6 Å². The number of hydrazine groups is 1. The van der Waals surface area contributed by atoms with Gasteiger partial charge in [0, 0.05) is 24.5 Å². The fraction of sp³-hybridized carbons (Fsp3) is 0.167.